The molecular formula is C14H19Cl2NO. The van der Waals surface area contributed by atoms with Crippen LogP contribution in [0.1, 0.15) is 32.3 Å². The van der Waals surface area contributed by atoms with Crippen LogP contribution in [0.25, 0.3) is 0 Å². The predicted octanol–water partition coefficient (Wildman–Crippen LogP) is 4.04. The number of ether oxygens (including phenoxy) is 1. The lowest BCUT2D eigenvalue weighted by molar-refractivity contribution is -0.0630. The van der Waals surface area contributed by atoms with Crippen molar-refractivity contribution in [3.8, 4) is 0 Å². The molecule has 2 rings (SSSR count). The monoisotopic (exact) mass is 287 g/mol. The molecule has 4 heteroatoms. The van der Waals surface area contributed by atoms with Gasteiger partial charge in [-0.1, -0.05) is 23.2 Å². The van der Waals surface area contributed by atoms with Gasteiger partial charge in [0.2, 0.25) is 0 Å². The van der Waals surface area contributed by atoms with E-state index in [4.69, 9.17) is 27.9 Å². The number of hydrogen-bond acceptors (Lipinski definition) is 2. The second kappa shape index (κ2) is 5.79. The molecule has 0 saturated carbocycles. The van der Waals surface area contributed by atoms with Crippen molar-refractivity contribution in [2.24, 2.45) is 0 Å². The molecule has 1 aliphatic rings. The van der Waals surface area contributed by atoms with Gasteiger partial charge in [0, 0.05) is 29.2 Å². The van der Waals surface area contributed by atoms with Crippen molar-refractivity contribution in [1.82, 2.24) is 5.32 Å². The van der Waals surface area contributed by atoms with Gasteiger partial charge in [0.05, 0.1) is 5.60 Å². The summed E-state index contributed by atoms with van der Waals surface area (Å²) in [6.07, 6.45) is 2.08. The van der Waals surface area contributed by atoms with Crippen LogP contribution in [-0.4, -0.2) is 18.2 Å². The second-order valence-electron chi connectivity index (χ2n) is 5.46. The van der Waals surface area contributed by atoms with Crippen LogP contribution in [0.15, 0.2) is 18.2 Å². The molecule has 1 aliphatic heterocycles. The molecule has 0 spiro atoms. The van der Waals surface area contributed by atoms with Gasteiger partial charge in [-0.3, -0.25) is 0 Å². The lowest BCUT2D eigenvalue weighted by Gasteiger charge is -2.36. The number of halogens is 2. The third-order valence-electron chi connectivity index (χ3n) is 3.21. The Labute approximate surface area is 119 Å². The predicted molar refractivity (Wildman–Crippen MR) is 76.4 cm³/mol. The van der Waals surface area contributed by atoms with Crippen LogP contribution in [0.5, 0.6) is 0 Å². The molecule has 0 amide bonds. The molecule has 0 bridgehead atoms. The van der Waals surface area contributed by atoms with Crippen molar-refractivity contribution >= 4 is 23.2 Å². The molecule has 2 nitrogen and oxygen atoms in total. The number of hydrogen-bond donors (Lipinski definition) is 1. The summed E-state index contributed by atoms with van der Waals surface area (Å²) in [5, 5.41) is 4.92. The maximum absolute atomic E-state index is 5.98. The van der Waals surface area contributed by atoms with Crippen molar-refractivity contribution in [3.63, 3.8) is 0 Å². The lowest BCUT2D eigenvalue weighted by atomic mass is 9.94. The van der Waals surface area contributed by atoms with Crippen LogP contribution in [0.3, 0.4) is 0 Å². The maximum Gasteiger partial charge on any atom is 0.0641 e. The maximum atomic E-state index is 5.98. The quantitative estimate of drug-likeness (QED) is 0.906. The molecule has 1 saturated heterocycles. The average molecular weight is 288 g/mol. The molecular weight excluding hydrogens is 269 g/mol. The van der Waals surface area contributed by atoms with E-state index in [0.29, 0.717) is 16.1 Å². The van der Waals surface area contributed by atoms with E-state index in [-0.39, 0.29) is 5.60 Å². The highest BCUT2D eigenvalue weighted by Gasteiger charge is 2.28. The summed E-state index contributed by atoms with van der Waals surface area (Å²) in [6, 6.07) is 6.14. The number of benzene rings is 1. The summed E-state index contributed by atoms with van der Waals surface area (Å²) in [4.78, 5) is 0. The fourth-order valence-electron chi connectivity index (χ4n) is 2.38. The first-order chi connectivity index (χ1) is 8.44. The number of nitrogens with one attached hydrogen (secondary N) is 1. The Bertz CT molecular complexity index is 400. The van der Waals surface area contributed by atoms with Crippen molar-refractivity contribution in [3.05, 3.63) is 33.8 Å². The van der Waals surface area contributed by atoms with Gasteiger partial charge >= 0.3 is 0 Å². The summed E-state index contributed by atoms with van der Waals surface area (Å²) in [5.41, 5.74) is 1.10. The fraction of sp³-hybridized carbons (Fsp3) is 0.571. The van der Waals surface area contributed by atoms with Gasteiger partial charge in [0.25, 0.3) is 0 Å². The first-order valence-electron chi connectivity index (χ1n) is 6.27. The van der Waals surface area contributed by atoms with E-state index in [0.717, 1.165) is 31.6 Å². The van der Waals surface area contributed by atoms with E-state index >= 15 is 0 Å². The zero-order valence-corrected chi connectivity index (χ0v) is 12.3. The molecule has 0 aliphatic carbocycles. The van der Waals surface area contributed by atoms with Gasteiger partial charge in [0.1, 0.15) is 0 Å². The van der Waals surface area contributed by atoms with Crippen molar-refractivity contribution in [2.45, 2.75) is 44.9 Å². The number of rotatable bonds is 3. The second-order valence-corrected chi connectivity index (χ2v) is 6.33. The molecule has 1 heterocycles. The minimum atomic E-state index is -0.0259. The van der Waals surface area contributed by atoms with Crippen LogP contribution < -0.4 is 5.32 Å². The van der Waals surface area contributed by atoms with E-state index in [1.807, 2.05) is 12.1 Å². The minimum Gasteiger partial charge on any atom is -0.375 e. The third-order valence-corrected chi connectivity index (χ3v) is 3.65. The Morgan fingerprint density at radius 2 is 1.94 bits per heavy atom. The topological polar surface area (TPSA) is 21.3 Å². The summed E-state index contributed by atoms with van der Waals surface area (Å²) in [7, 11) is 0. The standard InChI is InChI=1S/C14H19Cl2NO/c1-14(2)8-13(3-4-18-14)17-9-10-5-11(15)7-12(16)6-10/h5-7,13,17H,3-4,8-9H2,1-2H3. The molecule has 100 valence electrons. The summed E-state index contributed by atoms with van der Waals surface area (Å²) in [5.74, 6) is 0. The fourth-order valence-corrected chi connectivity index (χ4v) is 2.95. The van der Waals surface area contributed by atoms with Crippen LogP contribution in [0.4, 0.5) is 0 Å². The van der Waals surface area contributed by atoms with E-state index in [1.165, 1.54) is 0 Å². The molecule has 0 aromatic heterocycles. The SMILES string of the molecule is CC1(C)CC(NCc2cc(Cl)cc(Cl)c2)CCO1. The van der Waals surface area contributed by atoms with E-state index in [2.05, 4.69) is 19.2 Å². The van der Waals surface area contributed by atoms with Gasteiger partial charge in [0.15, 0.2) is 0 Å². The van der Waals surface area contributed by atoms with Crippen molar-refractivity contribution in [2.75, 3.05) is 6.61 Å². The molecule has 1 atom stereocenters. The zero-order chi connectivity index (χ0) is 13.2. The highest BCUT2D eigenvalue weighted by molar-refractivity contribution is 6.34. The molecule has 1 N–H and O–H groups in total. The summed E-state index contributed by atoms with van der Waals surface area (Å²) >= 11 is 12.0. The van der Waals surface area contributed by atoms with Gasteiger partial charge in [-0.15, -0.1) is 0 Å². The lowest BCUT2D eigenvalue weighted by Crippen LogP contribution is -2.43. The minimum absolute atomic E-state index is 0.0259. The molecule has 1 aromatic carbocycles. The molecule has 1 fully saturated rings. The first kappa shape index (κ1) is 14.1. The van der Waals surface area contributed by atoms with E-state index in [9.17, 15) is 0 Å². The Kier molecular flexibility index (Phi) is 4.54. The Balaban J connectivity index is 1.91. The van der Waals surface area contributed by atoms with Crippen LogP contribution in [0.2, 0.25) is 10.0 Å². The van der Waals surface area contributed by atoms with E-state index < -0.39 is 0 Å². The largest absolute Gasteiger partial charge is 0.375 e. The highest BCUT2D eigenvalue weighted by Crippen LogP contribution is 2.24. The smallest absolute Gasteiger partial charge is 0.0641 e. The first-order valence-corrected chi connectivity index (χ1v) is 7.02. The van der Waals surface area contributed by atoms with Gasteiger partial charge in [-0.25, -0.2) is 0 Å². The highest BCUT2D eigenvalue weighted by atomic mass is 35.5. The summed E-state index contributed by atoms with van der Waals surface area (Å²) in [6.45, 7) is 5.89. The van der Waals surface area contributed by atoms with Crippen LogP contribution in [-0.2, 0) is 11.3 Å². The Morgan fingerprint density at radius 3 is 2.56 bits per heavy atom. The molecule has 0 radical (unpaired) electrons. The molecule has 18 heavy (non-hydrogen) atoms. The van der Waals surface area contributed by atoms with E-state index in [1.54, 1.807) is 6.07 Å². The van der Waals surface area contributed by atoms with Crippen LogP contribution in [0, 0.1) is 0 Å². The average Bonchev–Trinajstić information content (AvgIpc) is 2.24. The molecule has 1 aromatic rings. The third kappa shape index (κ3) is 4.13. The normalized spacial score (nSPS) is 23.0. The van der Waals surface area contributed by atoms with Crippen molar-refractivity contribution < 1.29 is 4.74 Å². The summed E-state index contributed by atoms with van der Waals surface area (Å²) < 4.78 is 5.70. The van der Waals surface area contributed by atoms with Crippen molar-refractivity contribution in [1.29, 1.82) is 0 Å². The van der Waals surface area contributed by atoms with Crippen LogP contribution >= 0.6 is 23.2 Å². The Hall–Kier alpha value is -0.280. The van der Waals surface area contributed by atoms with Gasteiger partial charge in [-0.2, -0.15) is 0 Å². The van der Waals surface area contributed by atoms with Gasteiger partial charge < -0.3 is 10.1 Å². The van der Waals surface area contributed by atoms with Gasteiger partial charge in [-0.05, 0) is 50.5 Å². The zero-order valence-electron chi connectivity index (χ0n) is 10.8. The Morgan fingerprint density at radius 1 is 1.28 bits per heavy atom. The molecule has 1 unspecified atom stereocenters.